The predicted molar refractivity (Wildman–Crippen MR) is 85.4 cm³/mol. The second-order valence-electron chi connectivity index (χ2n) is 4.87. The number of rotatable bonds is 2. The molecule has 0 saturated carbocycles. The van der Waals surface area contributed by atoms with Gasteiger partial charge in [0.15, 0.2) is 11.5 Å². The Morgan fingerprint density at radius 2 is 1.81 bits per heavy atom. The van der Waals surface area contributed by atoms with Crippen molar-refractivity contribution in [3.63, 3.8) is 0 Å². The molecule has 0 aliphatic carbocycles. The van der Waals surface area contributed by atoms with Gasteiger partial charge in [0.2, 0.25) is 0 Å². The molecule has 1 aliphatic heterocycles. The number of hydrogen-bond donors (Lipinski definition) is 1. The molecule has 1 aliphatic rings. The van der Waals surface area contributed by atoms with Crippen molar-refractivity contribution in [2.45, 2.75) is 13.0 Å². The predicted octanol–water partition coefficient (Wildman–Crippen LogP) is 4.26. The summed E-state index contributed by atoms with van der Waals surface area (Å²) in [5, 5.41) is 11.3. The molecular weight excluding hydrogens is 356 g/mol. The summed E-state index contributed by atoms with van der Waals surface area (Å²) in [6.45, 7) is 2.95. The molecule has 0 bridgehead atoms. The van der Waals surface area contributed by atoms with E-state index in [0.717, 1.165) is 21.2 Å². The van der Waals surface area contributed by atoms with Gasteiger partial charge in [-0.05, 0) is 36.2 Å². The Kier molecular flexibility index (Phi) is 4.11. The van der Waals surface area contributed by atoms with Crippen LogP contribution in [-0.4, -0.2) is 18.3 Å². The number of benzene rings is 2. The second-order valence-corrected chi connectivity index (χ2v) is 6.14. The van der Waals surface area contributed by atoms with Crippen molar-refractivity contribution in [3.8, 4) is 11.5 Å². The van der Waals surface area contributed by atoms with E-state index < -0.39 is 6.10 Å². The van der Waals surface area contributed by atoms with Gasteiger partial charge in [-0.1, -0.05) is 39.7 Å². The largest absolute Gasteiger partial charge is 0.486 e. The van der Waals surface area contributed by atoms with Crippen molar-refractivity contribution >= 4 is 27.5 Å². The maximum absolute atomic E-state index is 10.7. The molecule has 2 aromatic rings. The van der Waals surface area contributed by atoms with Crippen LogP contribution in [0.2, 0.25) is 5.02 Å². The highest BCUT2D eigenvalue weighted by Crippen LogP contribution is 2.40. The Labute approximate surface area is 136 Å². The average Bonchev–Trinajstić information content (AvgIpc) is 2.48. The Hall–Kier alpha value is -1.23. The van der Waals surface area contributed by atoms with Gasteiger partial charge in [-0.2, -0.15) is 0 Å². The van der Waals surface area contributed by atoms with E-state index in [1.54, 1.807) is 0 Å². The highest BCUT2D eigenvalue weighted by atomic mass is 79.9. The summed E-state index contributed by atoms with van der Waals surface area (Å²) in [5.41, 5.74) is 2.37. The fraction of sp³-hybridized carbons (Fsp3) is 0.250. The Morgan fingerprint density at radius 1 is 1.14 bits per heavy atom. The summed E-state index contributed by atoms with van der Waals surface area (Å²) in [6.07, 6.45) is -0.783. The van der Waals surface area contributed by atoms with Crippen LogP contribution in [0.1, 0.15) is 22.8 Å². The molecule has 1 heterocycles. The van der Waals surface area contributed by atoms with E-state index in [2.05, 4.69) is 15.9 Å². The Balaban J connectivity index is 2.05. The van der Waals surface area contributed by atoms with Gasteiger partial charge in [-0.25, -0.2) is 0 Å². The number of fused-ring (bicyclic) bond motifs is 1. The van der Waals surface area contributed by atoms with Gasteiger partial charge in [-0.15, -0.1) is 0 Å². The summed E-state index contributed by atoms with van der Waals surface area (Å²) in [6, 6.07) is 9.15. The first-order valence-electron chi connectivity index (χ1n) is 6.60. The summed E-state index contributed by atoms with van der Waals surface area (Å²) in [4.78, 5) is 0. The van der Waals surface area contributed by atoms with Crippen LogP contribution in [0.5, 0.6) is 11.5 Å². The fourth-order valence-corrected chi connectivity index (χ4v) is 3.10. The van der Waals surface area contributed by atoms with Crippen molar-refractivity contribution in [3.05, 3.63) is 56.5 Å². The Morgan fingerprint density at radius 3 is 2.52 bits per heavy atom. The number of ether oxygens (including phenoxy) is 2. The van der Waals surface area contributed by atoms with E-state index in [1.165, 1.54) is 0 Å². The SMILES string of the molecule is Cc1c(Cl)cccc1C(O)c1cc2c(cc1Br)OCCO2. The second kappa shape index (κ2) is 5.87. The molecule has 1 N–H and O–H groups in total. The zero-order valence-corrected chi connectivity index (χ0v) is 13.7. The third-order valence-electron chi connectivity index (χ3n) is 3.56. The molecule has 2 aromatic carbocycles. The molecule has 5 heteroatoms. The first-order valence-corrected chi connectivity index (χ1v) is 7.77. The number of hydrogen-bond acceptors (Lipinski definition) is 3. The molecule has 3 rings (SSSR count). The maximum Gasteiger partial charge on any atom is 0.162 e. The zero-order valence-electron chi connectivity index (χ0n) is 11.4. The van der Waals surface area contributed by atoms with E-state index in [9.17, 15) is 5.11 Å². The van der Waals surface area contributed by atoms with Gasteiger partial charge in [-0.3, -0.25) is 0 Å². The van der Waals surface area contributed by atoms with Crippen LogP contribution in [0.3, 0.4) is 0 Å². The number of aliphatic hydroxyl groups excluding tert-OH is 1. The molecule has 0 amide bonds. The normalized spacial score (nSPS) is 14.9. The lowest BCUT2D eigenvalue weighted by Crippen LogP contribution is -2.16. The van der Waals surface area contributed by atoms with Gasteiger partial charge in [0.25, 0.3) is 0 Å². The van der Waals surface area contributed by atoms with E-state index in [0.29, 0.717) is 29.7 Å². The minimum atomic E-state index is -0.783. The van der Waals surface area contributed by atoms with Crippen molar-refractivity contribution in [2.75, 3.05) is 13.2 Å². The van der Waals surface area contributed by atoms with Crippen LogP contribution in [0.4, 0.5) is 0 Å². The molecule has 21 heavy (non-hydrogen) atoms. The van der Waals surface area contributed by atoms with Gasteiger partial charge in [0, 0.05) is 15.1 Å². The summed E-state index contributed by atoms with van der Waals surface area (Å²) in [7, 11) is 0. The third-order valence-corrected chi connectivity index (χ3v) is 4.66. The van der Waals surface area contributed by atoms with Crippen molar-refractivity contribution < 1.29 is 14.6 Å². The van der Waals surface area contributed by atoms with E-state index in [-0.39, 0.29) is 0 Å². The van der Waals surface area contributed by atoms with Crippen molar-refractivity contribution in [1.82, 2.24) is 0 Å². The minimum absolute atomic E-state index is 0.514. The van der Waals surface area contributed by atoms with E-state index >= 15 is 0 Å². The molecule has 0 radical (unpaired) electrons. The van der Waals surface area contributed by atoms with Crippen molar-refractivity contribution in [1.29, 1.82) is 0 Å². The lowest BCUT2D eigenvalue weighted by molar-refractivity contribution is 0.169. The van der Waals surface area contributed by atoms with Crippen LogP contribution in [0.25, 0.3) is 0 Å². The molecule has 110 valence electrons. The molecular formula is C16H14BrClO3. The van der Waals surface area contributed by atoms with Crippen LogP contribution in [-0.2, 0) is 0 Å². The summed E-state index contributed by atoms with van der Waals surface area (Å²) >= 11 is 9.62. The highest BCUT2D eigenvalue weighted by molar-refractivity contribution is 9.10. The zero-order chi connectivity index (χ0) is 15.0. The minimum Gasteiger partial charge on any atom is -0.486 e. The monoisotopic (exact) mass is 368 g/mol. The Bertz CT molecular complexity index is 687. The first kappa shape index (κ1) is 14.7. The standard InChI is InChI=1S/C16H14BrClO3/c1-9-10(3-2-4-13(9)18)16(19)11-7-14-15(8-12(11)17)21-6-5-20-14/h2-4,7-8,16,19H,5-6H2,1H3. The molecule has 1 unspecified atom stereocenters. The average molecular weight is 370 g/mol. The maximum atomic E-state index is 10.7. The molecule has 3 nitrogen and oxygen atoms in total. The van der Waals surface area contributed by atoms with Crippen LogP contribution in [0, 0.1) is 6.92 Å². The lowest BCUT2D eigenvalue weighted by Gasteiger charge is -2.22. The van der Waals surface area contributed by atoms with Gasteiger partial charge in [0.05, 0.1) is 0 Å². The summed E-state index contributed by atoms with van der Waals surface area (Å²) in [5.74, 6) is 1.34. The van der Waals surface area contributed by atoms with Gasteiger partial charge in [0.1, 0.15) is 19.3 Å². The molecule has 0 spiro atoms. The first-order chi connectivity index (χ1) is 10.1. The molecule has 0 fully saturated rings. The van der Waals surface area contributed by atoms with Gasteiger partial charge < -0.3 is 14.6 Å². The van der Waals surface area contributed by atoms with E-state index in [1.807, 2.05) is 37.3 Å². The molecule has 0 saturated heterocycles. The molecule has 0 aromatic heterocycles. The number of aliphatic hydroxyl groups is 1. The number of halogens is 2. The summed E-state index contributed by atoms with van der Waals surface area (Å²) < 4.78 is 11.9. The van der Waals surface area contributed by atoms with E-state index in [4.69, 9.17) is 21.1 Å². The van der Waals surface area contributed by atoms with Crippen LogP contribution < -0.4 is 9.47 Å². The smallest absolute Gasteiger partial charge is 0.162 e. The topological polar surface area (TPSA) is 38.7 Å². The highest BCUT2D eigenvalue weighted by Gasteiger charge is 2.21. The van der Waals surface area contributed by atoms with Crippen LogP contribution >= 0.6 is 27.5 Å². The molecule has 1 atom stereocenters. The van der Waals surface area contributed by atoms with Gasteiger partial charge >= 0.3 is 0 Å². The fourth-order valence-electron chi connectivity index (χ4n) is 2.38. The lowest BCUT2D eigenvalue weighted by atomic mass is 9.97. The van der Waals surface area contributed by atoms with Crippen LogP contribution in [0.15, 0.2) is 34.8 Å². The third kappa shape index (κ3) is 2.76. The van der Waals surface area contributed by atoms with Crippen molar-refractivity contribution in [2.24, 2.45) is 0 Å². The quantitative estimate of drug-likeness (QED) is 0.859.